The summed E-state index contributed by atoms with van der Waals surface area (Å²) in [5.74, 6) is 0.600. The first-order chi connectivity index (χ1) is 12.2. The third-order valence-corrected chi connectivity index (χ3v) is 4.20. The van der Waals surface area contributed by atoms with E-state index in [1.54, 1.807) is 0 Å². The number of unbranched alkanes of at least 4 members (excludes halogenated alkanes) is 1. The van der Waals surface area contributed by atoms with Gasteiger partial charge in [0.15, 0.2) is 0 Å². The molecule has 4 nitrogen and oxygen atoms in total. The summed E-state index contributed by atoms with van der Waals surface area (Å²) in [5, 5.41) is 4.50. The van der Waals surface area contributed by atoms with Crippen LogP contribution in [-0.2, 0) is 19.3 Å². The Labute approximate surface area is 151 Å². The Morgan fingerprint density at radius 3 is 2.44 bits per heavy atom. The summed E-state index contributed by atoms with van der Waals surface area (Å²) < 4.78 is 0. The van der Waals surface area contributed by atoms with E-state index < -0.39 is 0 Å². The molecule has 0 atom stereocenters. The predicted molar refractivity (Wildman–Crippen MR) is 106 cm³/mol. The molecule has 0 fully saturated rings. The Kier molecular flexibility index (Phi) is 7.58. The van der Waals surface area contributed by atoms with Gasteiger partial charge in [-0.1, -0.05) is 51.8 Å². The zero-order valence-corrected chi connectivity index (χ0v) is 16.0. The van der Waals surface area contributed by atoms with Gasteiger partial charge >= 0.3 is 0 Å². The molecule has 1 aromatic heterocycles. The highest BCUT2D eigenvalue weighted by Crippen LogP contribution is 2.12. The number of benzene rings is 1. The van der Waals surface area contributed by atoms with E-state index in [0.717, 1.165) is 54.8 Å². The predicted octanol–water partition coefficient (Wildman–Crippen LogP) is 5.17. The van der Waals surface area contributed by atoms with Crippen LogP contribution in [0, 0.1) is 0 Å². The number of aryl methyl sites for hydroxylation is 3. The maximum absolute atomic E-state index is 4.62. The fourth-order valence-corrected chi connectivity index (χ4v) is 2.69. The largest absolute Gasteiger partial charge is 0.245 e. The average molecular weight is 338 g/mol. The van der Waals surface area contributed by atoms with Crippen molar-refractivity contribution in [2.45, 2.75) is 66.2 Å². The second kappa shape index (κ2) is 9.92. The van der Waals surface area contributed by atoms with Crippen molar-refractivity contribution in [2.24, 2.45) is 5.10 Å². The first kappa shape index (κ1) is 19.1. The summed E-state index contributed by atoms with van der Waals surface area (Å²) in [4.78, 5) is 9.22. The molecule has 0 bridgehead atoms. The number of nitrogens with one attached hydrogen (secondary N) is 1. The van der Waals surface area contributed by atoms with Gasteiger partial charge in [0.2, 0.25) is 5.95 Å². The van der Waals surface area contributed by atoms with Gasteiger partial charge < -0.3 is 0 Å². The van der Waals surface area contributed by atoms with Crippen molar-refractivity contribution in [3.05, 3.63) is 52.8 Å². The molecular weight excluding hydrogens is 308 g/mol. The molecular formula is C21H30N4. The summed E-state index contributed by atoms with van der Waals surface area (Å²) in [7, 11) is 0. The molecule has 1 N–H and O–H groups in total. The van der Waals surface area contributed by atoms with Crippen LogP contribution in [-0.4, -0.2) is 15.7 Å². The van der Waals surface area contributed by atoms with Crippen molar-refractivity contribution < 1.29 is 0 Å². The molecule has 4 heteroatoms. The SMILES string of the molecule is CCCCc1cc(CCC)nc(NN=C(C)c2cccc(CC)c2)n1. The summed E-state index contributed by atoms with van der Waals surface area (Å²) in [5.41, 5.74) is 8.63. The molecule has 0 saturated carbocycles. The molecule has 0 amide bonds. The van der Waals surface area contributed by atoms with Crippen molar-refractivity contribution in [3.8, 4) is 0 Å². The van der Waals surface area contributed by atoms with E-state index in [-0.39, 0.29) is 0 Å². The quantitative estimate of drug-likeness (QED) is 0.507. The standard InChI is InChI=1S/C21H30N4/c1-5-8-13-20-15-19(10-6-2)22-21(23-20)25-24-16(4)18-12-9-11-17(7-3)14-18/h9,11-12,14-15H,5-8,10,13H2,1-4H3,(H,22,23,25). The summed E-state index contributed by atoms with van der Waals surface area (Å²) in [6.45, 7) is 8.54. The number of anilines is 1. The Morgan fingerprint density at radius 2 is 1.76 bits per heavy atom. The van der Waals surface area contributed by atoms with Crippen LogP contribution in [0.4, 0.5) is 5.95 Å². The lowest BCUT2D eigenvalue weighted by molar-refractivity contribution is 0.765. The molecule has 0 spiro atoms. The van der Waals surface area contributed by atoms with Crippen LogP contribution in [0.3, 0.4) is 0 Å². The normalized spacial score (nSPS) is 11.6. The molecule has 0 aliphatic heterocycles. The molecule has 0 aliphatic carbocycles. The van der Waals surface area contributed by atoms with Gasteiger partial charge in [-0.05, 0) is 55.9 Å². The number of rotatable bonds is 9. The van der Waals surface area contributed by atoms with Gasteiger partial charge in [0, 0.05) is 11.4 Å². The highest BCUT2D eigenvalue weighted by atomic mass is 15.4. The number of hydrogen-bond acceptors (Lipinski definition) is 4. The zero-order chi connectivity index (χ0) is 18.1. The van der Waals surface area contributed by atoms with Crippen molar-refractivity contribution in [1.29, 1.82) is 0 Å². The van der Waals surface area contributed by atoms with E-state index in [1.807, 2.05) is 6.92 Å². The lowest BCUT2D eigenvalue weighted by atomic mass is 10.1. The lowest BCUT2D eigenvalue weighted by Crippen LogP contribution is -2.06. The van der Waals surface area contributed by atoms with E-state index in [4.69, 9.17) is 0 Å². The van der Waals surface area contributed by atoms with Crippen LogP contribution >= 0.6 is 0 Å². The maximum atomic E-state index is 4.62. The van der Waals surface area contributed by atoms with Crippen molar-refractivity contribution in [2.75, 3.05) is 5.43 Å². The topological polar surface area (TPSA) is 50.2 Å². The van der Waals surface area contributed by atoms with Crippen molar-refractivity contribution in [3.63, 3.8) is 0 Å². The van der Waals surface area contributed by atoms with E-state index in [1.165, 1.54) is 12.0 Å². The van der Waals surface area contributed by atoms with E-state index in [0.29, 0.717) is 5.95 Å². The first-order valence-corrected chi connectivity index (χ1v) is 9.42. The average Bonchev–Trinajstić information content (AvgIpc) is 2.64. The number of nitrogens with zero attached hydrogens (tertiary/aromatic N) is 3. The van der Waals surface area contributed by atoms with Gasteiger partial charge in [-0.2, -0.15) is 5.10 Å². The summed E-state index contributed by atoms with van der Waals surface area (Å²) in [6.07, 6.45) is 6.38. The first-order valence-electron chi connectivity index (χ1n) is 9.42. The Morgan fingerprint density at radius 1 is 1.00 bits per heavy atom. The van der Waals surface area contributed by atoms with Crippen LogP contribution in [0.25, 0.3) is 0 Å². The zero-order valence-electron chi connectivity index (χ0n) is 16.0. The lowest BCUT2D eigenvalue weighted by Gasteiger charge is -2.08. The number of aromatic nitrogens is 2. The van der Waals surface area contributed by atoms with E-state index >= 15 is 0 Å². The second-order valence-corrected chi connectivity index (χ2v) is 6.39. The van der Waals surface area contributed by atoms with Gasteiger partial charge in [0.25, 0.3) is 0 Å². The molecule has 2 rings (SSSR count). The maximum Gasteiger partial charge on any atom is 0.243 e. The van der Waals surface area contributed by atoms with Gasteiger partial charge in [-0.3, -0.25) is 0 Å². The van der Waals surface area contributed by atoms with Crippen molar-refractivity contribution in [1.82, 2.24) is 9.97 Å². The molecule has 0 unspecified atom stereocenters. The monoisotopic (exact) mass is 338 g/mol. The van der Waals surface area contributed by atoms with E-state index in [9.17, 15) is 0 Å². The van der Waals surface area contributed by atoms with Crippen LogP contribution < -0.4 is 5.43 Å². The molecule has 0 saturated heterocycles. The minimum Gasteiger partial charge on any atom is -0.245 e. The van der Waals surface area contributed by atoms with Crippen LogP contribution in [0.15, 0.2) is 35.4 Å². The minimum absolute atomic E-state index is 0.600. The summed E-state index contributed by atoms with van der Waals surface area (Å²) >= 11 is 0. The molecule has 2 aromatic rings. The van der Waals surface area contributed by atoms with Crippen LogP contribution in [0.5, 0.6) is 0 Å². The molecule has 1 aromatic carbocycles. The fourth-order valence-electron chi connectivity index (χ4n) is 2.69. The highest BCUT2D eigenvalue weighted by Gasteiger charge is 2.05. The minimum atomic E-state index is 0.600. The Hall–Kier alpha value is -2.23. The van der Waals surface area contributed by atoms with Crippen LogP contribution in [0.1, 0.15) is 69.5 Å². The smallest absolute Gasteiger partial charge is 0.243 e. The van der Waals surface area contributed by atoms with Crippen LogP contribution in [0.2, 0.25) is 0 Å². The molecule has 0 aliphatic rings. The Balaban J connectivity index is 2.17. The second-order valence-electron chi connectivity index (χ2n) is 6.39. The van der Waals surface area contributed by atoms with Gasteiger partial charge in [0.05, 0.1) is 5.71 Å². The van der Waals surface area contributed by atoms with Gasteiger partial charge in [-0.25, -0.2) is 15.4 Å². The molecule has 1 heterocycles. The Bertz CT molecular complexity index is 707. The van der Waals surface area contributed by atoms with Gasteiger partial charge in [-0.15, -0.1) is 0 Å². The third kappa shape index (κ3) is 5.96. The number of hydrogen-bond donors (Lipinski definition) is 1. The van der Waals surface area contributed by atoms with Crippen molar-refractivity contribution >= 4 is 11.7 Å². The third-order valence-electron chi connectivity index (χ3n) is 4.20. The summed E-state index contributed by atoms with van der Waals surface area (Å²) in [6, 6.07) is 10.6. The molecule has 0 radical (unpaired) electrons. The number of hydrazone groups is 1. The highest BCUT2D eigenvalue weighted by molar-refractivity contribution is 5.99. The van der Waals surface area contributed by atoms with E-state index in [2.05, 4.69) is 71.6 Å². The molecule has 134 valence electrons. The fraction of sp³-hybridized carbons (Fsp3) is 0.476. The van der Waals surface area contributed by atoms with Gasteiger partial charge in [0.1, 0.15) is 0 Å². The molecule has 25 heavy (non-hydrogen) atoms.